The Hall–Kier alpha value is -3.56. The fraction of sp³-hybridized carbons (Fsp3) is 0.529. The number of aromatic amines is 1. The van der Waals surface area contributed by atoms with Crippen molar-refractivity contribution in [1.82, 2.24) is 10.3 Å². The van der Waals surface area contributed by atoms with Gasteiger partial charge >= 0.3 is 0 Å². The number of ether oxygens (including phenoxy) is 1. The Bertz CT molecular complexity index is 1220. The fourth-order valence-electron chi connectivity index (χ4n) is 5.79. The number of phenolic OH excluding ortho intramolecular Hbond substituents is 1. The molecule has 1 aromatic carbocycles. The van der Waals surface area contributed by atoms with Crippen LogP contribution in [0.25, 0.3) is 0 Å². The Kier molecular flexibility index (Phi) is 14.3. The van der Waals surface area contributed by atoms with Crippen molar-refractivity contribution in [3.63, 3.8) is 0 Å². The van der Waals surface area contributed by atoms with Crippen molar-refractivity contribution < 1.29 is 29.6 Å². The molecule has 0 unspecified atom stereocenters. The van der Waals surface area contributed by atoms with Gasteiger partial charge in [-0.2, -0.15) is 0 Å². The van der Waals surface area contributed by atoms with Crippen LogP contribution < -0.4 is 15.8 Å². The van der Waals surface area contributed by atoms with Crippen molar-refractivity contribution in [3.8, 4) is 11.5 Å². The van der Waals surface area contributed by atoms with Gasteiger partial charge in [-0.15, -0.1) is 0 Å². The number of hydrogen-bond donors (Lipinski definition) is 6. The van der Waals surface area contributed by atoms with Gasteiger partial charge in [0, 0.05) is 56.0 Å². The maximum Gasteiger partial charge on any atom is 0.161 e. The van der Waals surface area contributed by atoms with E-state index in [0.717, 1.165) is 61.8 Å². The minimum atomic E-state index is -0.394. The number of nitrogens with one attached hydrogen (secondary N) is 2. The SMILES string of the molecule is COc1cc(CCC(=O)CC(=O)CCCCCCCCCO)cc([C@@H](C2=CCNC(N)=C2)[C@H](CO)Cc2ccc[nH]2)c1O. The van der Waals surface area contributed by atoms with E-state index in [1.165, 1.54) is 7.11 Å². The fourth-order valence-corrected chi connectivity index (χ4v) is 5.79. The van der Waals surface area contributed by atoms with Crippen LogP contribution >= 0.6 is 0 Å². The highest BCUT2D eigenvalue weighted by molar-refractivity contribution is 5.99. The zero-order valence-electron chi connectivity index (χ0n) is 25.4. The lowest BCUT2D eigenvalue weighted by Gasteiger charge is -2.30. The van der Waals surface area contributed by atoms with Gasteiger partial charge in [0.15, 0.2) is 11.5 Å². The average Bonchev–Trinajstić information content (AvgIpc) is 3.51. The van der Waals surface area contributed by atoms with Crippen LogP contribution in [0.3, 0.4) is 0 Å². The molecule has 0 bridgehead atoms. The topological polar surface area (TPSA) is 158 Å². The van der Waals surface area contributed by atoms with Gasteiger partial charge in [0.1, 0.15) is 11.6 Å². The van der Waals surface area contributed by atoms with Gasteiger partial charge in [0.05, 0.1) is 19.4 Å². The Morgan fingerprint density at radius 3 is 2.40 bits per heavy atom. The number of ketones is 2. The lowest BCUT2D eigenvalue weighted by Crippen LogP contribution is -2.28. The largest absolute Gasteiger partial charge is 0.504 e. The standard InChI is InChI=1S/C34H49N3O6/c1-43-31-19-24(12-13-29(41)22-28(40)11-7-5-3-2-4-6-8-17-38)18-30(34(31)42)33(25-14-16-37-32(35)21-25)26(23-39)20-27-10-9-15-36-27/h9-10,14-15,18-19,21,26,33,36-39,42H,2-8,11-13,16-17,20,22-23,35H2,1H3/t26-,33-/m0/s1. The number of aryl methyl sites for hydroxylation is 1. The number of nitrogens with two attached hydrogens (primary N) is 1. The molecule has 1 aliphatic rings. The third-order valence-corrected chi connectivity index (χ3v) is 8.10. The predicted molar refractivity (Wildman–Crippen MR) is 168 cm³/mol. The number of aliphatic hydroxyl groups is 2. The molecule has 0 radical (unpaired) electrons. The van der Waals surface area contributed by atoms with Crippen LogP contribution in [0.5, 0.6) is 11.5 Å². The summed E-state index contributed by atoms with van der Waals surface area (Å²) in [4.78, 5) is 28.3. The van der Waals surface area contributed by atoms with E-state index in [9.17, 15) is 19.8 Å². The van der Waals surface area contributed by atoms with Gasteiger partial charge in [0.25, 0.3) is 0 Å². The summed E-state index contributed by atoms with van der Waals surface area (Å²) in [6.07, 6.45) is 14.1. The number of rotatable bonds is 21. The first kappa shape index (κ1) is 33.9. The van der Waals surface area contributed by atoms with E-state index in [2.05, 4.69) is 10.3 Å². The van der Waals surface area contributed by atoms with Crippen LogP contribution in [0, 0.1) is 5.92 Å². The van der Waals surface area contributed by atoms with Crippen LogP contribution in [0.1, 0.15) is 86.9 Å². The quantitative estimate of drug-likeness (QED) is 0.0905. The number of hydrogen-bond acceptors (Lipinski definition) is 8. The van der Waals surface area contributed by atoms with E-state index in [1.54, 1.807) is 6.07 Å². The molecular formula is C34H49N3O6. The molecule has 2 heterocycles. The first-order chi connectivity index (χ1) is 20.9. The molecule has 0 aliphatic carbocycles. The van der Waals surface area contributed by atoms with E-state index in [1.807, 2.05) is 36.5 Å². The minimum absolute atomic E-state index is 0.0116. The molecular weight excluding hydrogens is 546 g/mol. The second-order valence-electron chi connectivity index (χ2n) is 11.4. The third kappa shape index (κ3) is 10.9. The minimum Gasteiger partial charge on any atom is -0.504 e. The number of aromatic hydroxyl groups is 1. The zero-order valence-corrected chi connectivity index (χ0v) is 25.4. The van der Waals surface area contributed by atoms with E-state index in [4.69, 9.17) is 15.6 Å². The highest BCUT2D eigenvalue weighted by Crippen LogP contribution is 2.44. The average molecular weight is 596 g/mol. The number of aliphatic hydroxyl groups excluding tert-OH is 2. The highest BCUT2D eigenvalue weighted by atomic mass is 16.5. The van der Waals surface area contributed by atoms with Crippen LogP contribution in [-0.2, 0) is 22.4 Å². The third-order valence-electron chi connectivity index (χ3n) is 8.10. The lowest BCUT2D eigenvalue weighted by molar-refractivity contribution is -0.127. The monoisotopic (exact) mass is 595 g/mol. The molecule has 0 spiro atoms. The molecule has 0 fully saturated rings. The molecule has 2 atom stereocenters. The molecule has 3 rings (SSSR count). The van der Waals surface area contributed by atoms with E-state index < -0.39 is 5.92 Å². The van der Waals surface area contributed by atoms with Crippen LogP contribution in [-0.4, -0.2) is 58.7 Å². The van der Waals surface area contributed by atoms with E-state index >= 15 is 0 Å². The van der Waals surface area contributed by atoms with Gasteiger partial charge in [-0.1, -0.05) is 44.2 Å². The van der Waals surface area contributed by atoms with Crippen molar-refractivity contribution >= 4 is 11.6 Å². The van der Waals surface area contributed by atoms with Crippen molar-refractivity contribution in [3.05, 3.63) is 70.8 Å². The number of H-pyrrole nitrogens is 1. The molecule has 7 N–H and O–H groups in total. The molecule has 9 heteroatoms. The summed E-state index contributed by atoms with van der Waals surface area (Å²) < 4.78 is 5.53. The van der Waals surface area contributed by atoms with Crippen molar-refractivity contribution in [2.24, 2.45) is 11.7 Å². The molecule has 9 nitrogen and oxygen atoms in total. The Morgan fingerprint density at radius 2 is 1.74 bits per heavy atom. The number of allylic oxidation sites excluding steroid dienone is 2. The van der Waals surface area contributed by atoms with Crippen molar-refractivity contribution in [1.29, 1.82) is 0 Å². The van der Waals surface area contributed by atoms with Gasteiger partial charge in [-0.3, -0.25) is 9.59 Å². The number of dihydropyridines is 1. The van der Waals surface area contributed by atoms with Crippen LogP contribution in [0.15, 0.2) is 54.0 Å². The molecule has 0 saturated carbocycles. The molecule has 1 aromatic heterocycles. The summed E-state index contributed by atoms with van der Waals surface area (Å²) in [6, 6.07) is 7.48. The summed E-state index contributed by atoms with van der Waals surface area (Å²) in [5.74, 6) is -0.00657. The zero-order chi connectivity index (χ0) is 31.0. The van der Waals surface area contributed by atoms with Crippen molar-refractivity contribution in [2.45, 2.75) is 83.0 Å². The van der Waals surface area contributed by atoms with E-state index in [0.29, 0.717) is 42.9 Å². The second kappa shape index (κ2) is 18.2. The first-order valence-electron chi connectivity index (χ1n) is 15.5. The predicted octanol–water partition coefficient (Wildman–Crippen LogP) is 4.57. The van der Waals surface area contributed by atoms with Gasteiger partial charge in [-0.25, -0.2) is 0 Å². The molecule has 0 amide bonds. The Balaban J connectivity index is 1.68. The number of phenols is 1. The molecule has 2 aromatic rings. The van der Waals surface area contributed by atoms with Gasteiger partial charge in [0.2, 0.25) is 0 Å². The first-order valence-corrected chi connectivity index (χ1v) is 15.5. The molecule has 0 saturated heterocycles. The number of methoxy groups -OCH3 is 1. The second-order valence-corrected chi connectivity index (χ2v) is 11.4. The maximum atomic E-state index is 12.7. The normalized spacial score (nSPS) is 14.4. The molecule has 43 heavy (non-hydrogen) atoms. The summed E-state index contributed by atoms with van der Waals surface area (Å²) in [5, 5.41) is 33.7. The van der Waals surface area contributed by atoms with Gasteiger partial charge in [-0.05, 0) is 67.0 Å². The lowest BCUT2D eigenvalue weighted by atomic mass is 9.76. The summed E-state index contributed by atoms with van der Waals surface area (Å²) in [5.41, 5.74) is 9.35. The van der Waals surface area contributed by atoms with E-state index in [-0.39, 0.29) is 49.3 Å². The molecule has 1 aliphatic heterocycles. The number of Topliss-reactive ketones (excluding diaryl/α,β-unsaturated/α-hetero) is 2. The Labute approximate surface area is 255 Å². The number of benzene rings is 1. The van der Waals surface area contributed by atoms with Crippen molar-refractivity contribution in [2.75, 3.05) is 26.9 Å². The number of carbonyl (C=O) groups excluding carboxylic acids is 2. The highest BCUT2D eigenvalue weighted by Gasteiger charge is 2.31. The number of unbranched alkanes of at least 4 members (excludes halogenated alkanes) is 6. The summed E-state index contributed by atoms with van der Waals surface area (Å²) in [7, 11) is 1.49. The molecule has 236 valence electrons. The number of carbonyl (C=O) groups is 2. The smallest absolute Gasteiger partial charge is 0.161 e. The maximum absolute atomic E-state index is 12.7. The summed E-state index contributed by atoms with van der Waals surface area (Å²) >= 11 is 0. The van der Waals surface area contributed by atoms with Crippen LogP contribution in [0.2, 0.25) is 0 Å². The number of aromatic nitrogens is 1. The van der Waals surface area contributed by atoms with Crippen LogP contribution in [0.4, 0.5) is 0 Å². The van der Waals surface area contributed by atoms with Gasteiger partial charge < -0.3 is 36.1 Å². The summed E-state index contributed by atoms with van der Waals surface area (Å²) in [6.45, 7) is 0.644. The Morgan fingerprint density at radius 1 is 1.02 bits per heavy atom.